The number of rotatable bonds is 4. The van der Waals surface area contributed by atoms with Gasteiger partial charge in [0.05, 0.1) is 44.1 Å². The Bertz CT molecular complexity index is 5190. The summed E-state index contributed by atoms with van der Waals surface area (Å²) in [5, 5.41) is 20.3. The first-order valence-electron chi connectivity index (χ1n) is 26.0. The number of benzene rings is 12. The second kappa shape index (κ2) is 15.6. The molecule has 0 spiro atoms. The lowest BCUT2D eigenvalue weighted by molar-refractivity contribution is 0.514. The molecule has 16 aromatic rings. The molecule has 354 valence electrons. The smallest absolute Gasteiger partial charge is 0.235 e. The summed E-state index contributed by atoms with van der Waals surface area (Å²) in [7, 11) is 0. The van der Waals surface area contributed by atoms with E-state index in [1.54, 1.807) is 0 Å². The maximum absolute atomic E-state index is 6.05. The molecule has 12 aromatic carbocycles. The maximum atomic E-state index is 6.05. The van der Waals surface area contributed by atoms with Gasteiger partial charge >= 0.3 is 0 Å². The van der Waals surface area contributed by atoms with Gasteiger partial charge in [-0.3, -0.25) is 9.13 Å². The monoisotopic (exact) mass is 969 g/mol. The summed E-state index contributed by atoms with van der Waals surface area (Å²) in [6.07, 6.45) is -0.676. The predicted molar refractivity (Wildman–Crippen MR) is 318 cm³/mol. The minimum atomic E-state index is -0.676. The van der Waals surface area contributed by atoms with Crippen molar-refractivity contribution in [2.75, 3.05) is 0 Å². The highest BCUT2D eigenvalue weighted by Gasteiger charge is 2.31. The Morgan fingerprint density at radius 3 is 1.38 bits per heavy atom. The molecule has 0 radical (unpaired) electrons. The third kappa shape index (κ3) is 5.65. The van der Waals surface area contributed by atoms with Gasteiger partial charge in [-0.15, -0.1) is 0 Å². The lowest BCUT2D eigenvalue weighted by Crippen LogP contribution is -2.37. The Morgan fingerprint density at radius 1 is 0.303 bits per heavy atom. The molecular formula is C69H43N7. The number of aliphatic imine (C=N–C) groups is 2. The number of hydrogen-bond donors (Lipinski definition) is 1. The van der Waals surface area contributed by atoms with Gasteiger partial charge in [-0.1, -0.05) is 212 Å². The number of hydrogen-bond acceptors (Lipinski definition) is 3. The Hall–Kier alpha value is -10.2. The van der Waals surface area contributed by atoms with Crippen LogP contribution < -0.4 is 5.32 Å². The molecule has 0 fully saturated rings. The molecule has 0 amide bonds. The Balaban J connectivity index is 1.07. The molecule has 1 N–H and O–H groups in total. The van der Waals surface area contributed by atoms with Crippen molar-refractivity contribution in [3.8, 4) is 11.4 Å². The van der Waals surface area contributed by atoms with Gasteiger partial charge in [-0.25, -0.2) is 4.99 Å². The van der Waals surface area contributed by atoms with E-state index in [-0.39, 0.29) is 0 Å². The summed E-state index contributed by atoms with van der Waals surface area (Å²) in [5.41, 5.74) is 12.0. The Kier molecular flexibility index (Phi) is 8.49. The Morgan fingerprint density at radius 2 is 0.750 bits per heavy atom. The lowest BCUT2D eigenvalue weighted by Gasteiger charge is -2.27. The molecule has 1 aliphatic rings. The van der Waals surface area contributed by atoms with Crippen molar-refractivity contribution in [1.82, 2.24) is 23.6 Å². The molecule has 1 atom stereocenters. The van der Waals surface area contributed by atoms with Crippen LogP contribution >= 0.6 is 0 Å². The van der Waals surface area contributed by atoms with E-state index in [0.29, 0.717) is 5.96 Å². The standard InChI is InChI=1S/C69H43N7/c1-4-21-45(22-5-1)67-70-68(75-62-49-28-14-11-19-43(49)32-35-51(62)54-40-41-59-60(64(54)75)57-30-16-17-31-58(57)73(59)46-23-6-2-7-24-46)72-69(71-67)76-63-50-29-15-12-20-44(50)34-37-53(63)56-39-38-55-52-36-33-42-18-10-13-27-48(42)61(52)74(65(55)66(56)76)47-25-8-3-9-26-47/h1-41,69H,(H,70,71,72). The average molecular weight is 970 g/mol. The van der Waals surface area contributed by atoms with Gasteiger partial charge in [0.15, 0.2) is 0 Å². The van der Waals surface area contributed by atoms with E-state index >= 15 is 0 Å². The molecule has 0 aliphatic carbocycles. The van der Waals surface area contributed by atoms with Crippen molar-refractivity contribution in [3.63, 3.8) is 0 Å². The minimum Gasteiger partial charge on any atom is -0.330 e. The van der Waals surface area contributed by atoms with Gasteiger partial charge in [0.2, 0.25) is 12.2 Å². The lowest BCUT2D eigenvalue weighted by atomic mass is 10.0. The normalized spacial score (nSPS) is 14.2. The second-order valence-corrected chi connectivity index (χ2v) is 20.1. The van der Waals surface area contributed by atoms with Crippen LogP contribution in [0.3, 0.4) is 0 Å². The van der Waals surface area contributed by atoms with Gasteiger partial charge in [-0.2, -0.15) is 4.99 Å². The van der Waals surface area contributed by atoms with Crippen molar-refractivity contribution >= 4 is 131 Å². The SMILES string of the molecule is c1ccc(C2=NC(n3c4c5ccccc5ccc4c4ccc5c(c6ccccc6n5-c5ccccc5)c43)=NC(n3c4c5ccccc5ccc4c4ccc5c6ccc7ccccc7c6n(-c6ccccc6)c5c43)N2)cc1. The first-order valence-corrected chi connectivity index (χ1v) is 26.0. The summed E-state index contributed by atoms with van der Waals surface area (Å²) in [6, 6.07) is 90.3. The van der Waals surface area contributed by atoms with Crippen LogP contribution in [0.2, 0.25) is 0 Å². The van der Waals surface area contributed by atoms with Crippen LogP contribution in [0.1, 0.15) is 11.9 Å². The van der Waals surface area contributed by atoms with Crippen molar-refractivity contribution in [1.29, 1.82) is 0 Å². The summed E-state index contributed by atoms with van der Waals surface area (Å²) < 4.78 is 9.79. The number of amidine groups is 1. The van der Waals surface area contributed by atoms with Crippen LogP contribution in [0.15, 0.2) is 259 Å². The highest BCUT2D eigenvalue weighted by Crippen LogP contribution is 2.47. The zero-order valence-corrected chi connectivity index (χ0v) is 40.9. The van der Waals surface area contributed by atoms with E-state index in [1.807, 2.05) is 0 Å². The van der Waals surface area contributed by atoms with Gasteiger partial charge in [0, 0.05) is 76.2 Å². The summed E-state index contributed by atoms with van der Waals surface area (Å²) in [4.78, 5) is 11.8. The number of fused-ring (bicyclic) bond motifs is 20. The number of aromatic nitrogens is 4. The van der Waals surface area contributed by atoms with Crippen LogP contribution in [0, 0.1) is 0 Å². The second-order valence-electron chi connectivity index (χ2n) is 20.1. The molecule has 1 unspecified atom stereocenters. The number of nitrogens with one attached hydrogen (secondary N) is 1. The van der Waals surface area contributed by atoms with E-state index in [2.05, 4.69) is 272 Å². The van der Waals surface area contributed by atoms with Crippen molar-refractivity contribution in [3.05, 3.63) is 254 Å². The number of nitrogens with zero attached hydrogens (tertiary/aromatic N) is 6. The maximum Gasteiger partial charge on any atom is 0.235 e. The molecule has 7 nitrogen and oxygen atoms in total. The molecule has 0 saturated carbocycles. The van der Waals surface area contributed by atoms with Crippen LogP contribution in [0.4, 0.5) is 0 Å². The largest absolute Gasteiger partial charge is 0.330 e. The molecule has 0 saturated heterocycles. The molecule has 17 rings (SSSR count). The topological polar surface area (TPSA) is 56.5 Å². The van der Waals surface area contributed by atoms with E-state index in [9.17, 15) is 0 Å². The van der Waals surface area contributed by atoms with Crippen molar-refractivity contribution < 1.29 is 0 Å². The molecule has 0 bridgehead atoms. The summed E-state index contributed by atoms with van der Waals surface area (Å²) >= 11 is 0. The Labute approximate surface area is 434 Å². The van der Waals surface area contributed by atoms with E-state index < -0.39 is 6.29 Å². The molecule has 1 aliphatic heterocycles. The van der Waals surface area contributed by atoms with E-state index in [4.69, 9.17) is 9.98 Å². The molecule has 76 heavy (non-hydrogen) atoms. The fraction of sp³-hybridized carbons (Fsp3) is 0.0145. The fourth-order valence-corrected chi connectivity index (χ4v) is 13.0. The highest BCUT2D eigenvalue weighted by molar-refractivity contribution is 6.32. The minimum absolute atomic E-state index is 0.597. The van der Waals surface area contributed by atoms with E-state index in [1.165, 1.54) is 27.1 Å². The van der Waals surface area contributed by atoms with Crippen LogP contribution in [-0.2, 0) is 0 Å². The first-order chi connectivity index (χ1) is 37.7. The molecular weight excluding hydrogens is 927 g/mol. The van der Waals surface area contributed by atoms with Gasteiger partial charge in [0.25, 0.3) is 0 Å². The van der Waals surface area contributed by atoms with Crippen molar-refractivity contribution in [2.24, 2.45) is 9.98 Å². The van der Waals surface area contributed by atoms with Gasteiger partial charge < -0.3 is 14.5 Å². The third-order valence-corrected chi connectivity index (χ3v) is 16.1. The number of para-hydroxylation sites is 3. The quantitative estimate of drug-likeness (QED) is 0.188. The zero-order valence-electron chi connectivity index (χ0n) is 40.9. The van der Waals surface area contributed by atoms with Crippen molar-refractivity contribution in [2.45, 2.75) is 6.29 Å². The highest BCUT2D eigenvalue weighted by atomic mass is 15.4. The van der Waals surface area contributed by atoms with Crippen LogP contribution in [-0.4, -0.2) is 30.1 Å². The third-order valence-electron chi connectivity index (χ3n) is 16.1. The van der Waals surface area contributed by atoms with E-state index in [0.717, 1.165) is 115 Å². The summed E-state index contributed by atoms with van der Waals surface area (Å²) in [5.74, 6) is 1.33. The predicted octanol–water partition coefficient (Wildman–Crippen LogP) is 17.0. The molecule has 5 heterocycles. The first kappa shape index (κ1) is 41.3. The van der Waals surface area contributed by atoms with Crippen LogP contribution in [0.5, 0.6) is 0 Å². The van der Waals surface area contributed by atoms with Crippen LogP contribution in [0.25, 0.3) is 131 Å². The van der Waals surface area contributed by atoms with Gasteiger partial charge in [0.1, 0.15) is 5.84 Å². The molecule has 7 heteroatoms. The summed E-state index contributed by atoms with van der Waals surface area (Å²) in [6.45, 7) is 0. The molecule has 4 aromatic heterocycles. The zero-order chi connectivity index (χ0) is 49.6. The fourth-order valence-electron chi connectivity index (χ4n) is 13.0. The average Bonchev–Trinajstić information content (AvgIpc) is 4.27. The van der Waals surface area contributed by atoms with Gasteiger partial charge in [-0.05, 0) is 52.6 Å².